The van der Waals surface area contributed by atoms with Gasteiger partial charge in [-0.1, -0.05) is 23.7 Å². The van der Waals surface area contributed by atoms with E-state index in [1.54, 1.807) is 23.1 Å². The number of likely N-dealkylation sites (tertiary alicyclic amines) is 1. The van der Waals surface area contributed by atoms with Crippen LogP contribution in [-0.4, -0.2) is 82.9 Å². The summed E-state index contributed by atoms with van der Waals surface area (Å²) in [4.78, 5) is 30.2. The summed E-state index contributed by atoms with van der Waals surface area (Å²) in [5, 5.41) is 3.86. The van der Waals surface area contributed by atoms with Crippen LogP contribution in [-0.2, 0) is 37.3 Å². The Balaban J connectivity index is 1.35. The lowest BCUT2D eigenvalue weighted by Crippen LogP contribution is -2.59. The molecule has 2 aromatic carbocycles. The van der Waals surface area contributed by atoms with E-state index < -0.39 is 27.6 Å². The molecule has 2 bridgehead atoms. The van der Waals surface area contributed by atoms with E-state index >= 15 is 0 Å². The number of nitrogens with zero attached hydrogens (tertiary/aromatic N) is 2. The number of hydrogen-bond acceptors (Lipinski definition) is 9. The van der Waals surface area contributed by atoms with Crippen molar-refractivity contribution in [3.63, 3.8) is 0 Å². The van der Waals surface area contributed by atoms with Crippen LogP contribution in [0.1, 0.15) is 50.7 Å². The first-order valence-corrected chi connectivity index (χ1v) is 18.6. The second kappa shape index (κ2) is 14.3. The molecule has 3 aliphatic heterocycles. The molecule has 0 unspecified atom stereocenters. The maximum atomic E-state index is 13.6. The zero-order valence-corrected chi connectivity index (χ0v) is 29.3. The van der Waals surface area contributed by atoms with Crippen LogP contribution in [0.5, 0.6) is 5.75 Å². The van der Waals surface area contributed by atoms with E-state index in [0.717, 1.165) is 43.2 Å². The molecule has 1 saturated heterocycles. The van der Waals surface area contributed by atoms with Crippen LogP contribution in [0.25, 0.3) is 0 Å². The summed E-state index contributed by atoms with van der Waals surface area (Å²) in [6.07, 6.45) is 7.18. The normalized spacial score (nSPS) is 26.6. The predicted octanol–water partition coefficient (Wildman–Crippen LogP) is 4.67. The number of aryl methyl sites for hydroxylation is 1. The molecular weight excluding hydrogens is 656 g/mol. The highest BCUT2D eigenvalue weighted by atomic mass is 35.5. The van der Waals surface area contributed by atoms with E-state index in [2.05, 4.69) is 14.9 Å². The summed E-state index contributed by atoms with van der Waals surface area (Å²) in [7, 11) is -2.35. The molecule has 6 rings (SSSR count). The minimum absolute atomic E-state index is 0.0351. The molecule has 1 aliphatic carbocycles. The lowest BCUT2D eigenvalue weighted by atomic mass is 9.70. The number of sulfonamides is 1. The summed E-state index contributed by atoms with van der Waals surface area (Å²) < 4.78 is 47.7. The third kappa shape index (κ3) is 7.61. The van der Waals surface area contributed by atoms with Crippen molar-refractivity contribution >= 4 is 39.3 Å². The van der Waals surface area contributed by atoms with Gasteiger partial charge in [-0.2, -0.15) is 0 Å². The zero-order chi connectivity index (χ0) is 34.1. The Kier molecular flexibility index (Phi) is 10.3. The highest BCUT2D eigenvalue weighted by Crippen LogP contribution is 2.42. The van der Waals surface area contributed by atoms with Gasteiger partial charge in [0.25, 0.3) is 15.9 Å². The number of fused-ring (bicyclic) bond motifs is 3. The van der Waals surface area contributed by atoms with Crippen molar-refractivity contribution < 1.29 is 32.2 Å². The molecular formula is C35H45ClN4O7S. The molecule has 0 aromatic heterocycles. The van der Waals surface area contributed by atoms with Crippen molar-refractivity contribution in [2.24, 2.45) is 11.8 Å². The van der Waals surface area contributed by atoms with Gasteiger partial charge >= 0.3 is 6.09 Å². The highest BCUT2D eigenvalue weighted by Gasteiger charge is 2.41. The molecule has 2 N–H and O–H groups in total. The average molecular weight is 701 g/mol. The number of hydrogen-bond donors (Lipinski definition) is 2. The minimum Gasteiger partial charge on any atom is -0.487 e. The Morgan fingerprint density at radius 2 is 1.90 bits per heavy atom. The number of likely N-dealkylation sites (N-methyl/N-ethyl adjacent to an activating group) is 1. The fraction of sp³-hybridized carbons (Fsp3) is 0.543. The molecule has 2 aromatic rings. The van der Waals surface area contributed by atoms with E-state index in [9.17, 15) is 18.0 Å². The van der Waals surface area contributed by atoms with Crippen molar-refractivity contribution in [3.05, 3.63) is 64.7 Å². The number of carbonyl (C=O) groups is 2. The van der Waals surface area contributed by atoms with Crippen LogP contribution in [0.3, 0.4) is 0 Å². The SMILES string of the molecule is CNC1CN(C(=O)O[C@H]2/C=C/COC(C)(C)C(=O)NS(=O)(=O)c3ccc4c(c3)N(CCCCc3cc(Cl)ccc3CO4)C[C@@H]3CC[C@H]32)C1. The van der Waals surface area contributed by atoms with Crippen LogP contribution < -0.4 is 19.7 Å². The molecule has 0 radical (unpaired) electrons. The van der Waals surface area contributed by atoms with Crippen molar-refractivity contribution in [1.82, 2.24) is 14.9 Å². The Morgan fingerprint density at radius 3 is 2.65 bits per heavy atom. The standard InChI is InChI=1S/C35H45ClN4O7S/c1-35(2)33(41)38-48(43,44)28-12-14-32-30(18-28)39(15-5-4-7-23-17-26(36)11-9-25(23)22-45-32)19-24-10-13-29(24)31(8-6-16-46-35)47-34(42)40-20-27(21-40)37-3/h6,8-9,11-12,14,17-18,24,27,29,31,37H,4-5,7,10,13,15-16,19-22H2,1-3H3,(H,38,41)/b8-6+/t24-,29+,31-/m0/s1. The third-order valence-electron chi connectivity index (χ3n) is 10.0. The van der Waals surface area contributed by atoms with Crippen LogP contribution in [0.4, 0.5) is 10.5 Å². The monoisotopic (exact) mass is 700 g/mol. The van der Waals surface area contributed by atoms with Crippen molar-refractivity contribution in [2.45, 2.75) is 75.2 Å². The van der Waals surface area contributed by atoms with Gasteiger partial charge < -0.3 is 29.3 Å². The van der Waals surface area contributed by atoms with E-state index in [0.29, 0.717) is 49.2 Å². The first-order chi connectivity index (χ1) is 22.9. The molecule has 260 valence electrons. The van der Waals surface area contributed by atoms with E-state index in [4.69, 9.17) is 25.8 Å². The maximum Gasteiger partial charge on any atom is 0.410 e. The van der Waals surface area contributed by atoms with Gasteiger partial charge in [-0.05, 0) is 106 Å². The smallest absolute Gasteiger partial charge is 0.410 e. The molecule has 0 spiro atoms. The summed E-state index contributed by atoms with van der Waals surface area (Å²) in [5.74, 6) is -0.0185. The minimum atomic E-state index is -4.23. The summed E-state index contributed by atoms with van der Waals surface area (Å²) in [6, 6.07) is 10.8. The predicted molar refractivity (Wildman–Crippen MR) is 183 cm³/mol. The van der Waals surface area contributed by atoms with E-state index in [1.165, 1.54) is 19.9 Å². The molecule has 4 aliphatic rings. The maximum absolute atomic E-state index is 13.6. The number of benzene rings is 2. The molecule has 11 nitrogen and oxygen atoms in total. The van der Waals surface area contributed by atoms with Gasteiger partial charge in [0.05, 0.1) is 17.2 Å². The summed E-state index contributed by atoms with van der Waals surface area (Å²) in [6.45, 7) is 5.84. The summed E-state index contributed by atoms with van der Waals surface area (Å²) >= 11 is 6.34. The van der Waals surface area contributed by atoms with Crippen LogP contribution in [0, 0.1) is 11.8 Å². The lowest BCUT2D eigenvalue weighted by Gasteiger charge is -2.45. The fourth-order valence-corrected chi connectivity index (χ4v) is 8.02. The number of ether oxygens (including phenoxy) is 3. The third-order valence-corrected chi connectivity index (χ3v) is 11.6. The average Bonchev–Trinajstić information content (AvgIpc) is 3.03. The van der Waals surface area contributed by atoms with Crippen LogP contribution in [0.15, 0.2) is 53.4 Å². The molecule has 3 heterocycles. The van der Waals surface area contributed by atoms with Gasteiger partial charge in [-0.15, -0.1) is 0 Å². The molecule has 13 heteroatoms. The second-order valence-corrected chi connectivity index (χ2v) is 15.8. The molecule has 2 amide bonds. The van der Waals surface area contributed by atoms with Gasteiger partial charge in [0.15, 0.2) is 0 Å². The second-order valence-electron chi connectivity index (χ2n) is 13.7. The number of halogens is 1. The number of nitrogens with one attached hydrogen (secondary N) is 2. The van der Waals surface area contributed by atoms with Crippen LogP contribution in [0.2, 0.25) is 5.02 Å². The lowest BCUT2D eigenvalue weighted by molar-refractivity contribution is -0.139. The first kappa shape index (κ1) is 34.5. The van der Waals surface area contributed by atoms with Crippen LogP contribution >= 0.6 is 11.6 Å². The Hall–Kier alpha value is -3.32. The Labute approximate surface area is 288 Å². The number of anilines is 1. The van der Waals surface area contributed by atoms with E-state index in [-0.39, 0.29) is 35.5 Å². The van der Waals surface area contributed by atoms with Gasteiger partial charge in [-0.25, -0.2) is 17.9 Å². The molecule has 48 heavy (non-hydrogen) atoms. The van der Waals surface area contributed by atoms with Gasteiger partial charge in [-0.3, -0.25) is 4.79 Å². The summed E-state index contributed by atoms with van der Waals surface area (Å²) in [5.41, 5.74) is 1.34. The van der Waals surface area contributed by atoms with Crippen molar-refractivity contribution in [1.29, 1.82) is 0 Å². The van der Waals surface area contributed by atoms with Crippen molar-refractivity contribution in [3.8, 4) is 5.75 Å². The van der Waals surface area contributed by atoms with Crippen molar-refractivity contribution in [2.75, 3.05) is 44.7 Å². The van der Waals surface area contributed by atoms with Gasteiger partial charge in [0.2, 0.25) is 0 Å². The van der Waals surface area contributed by atoms with E-state index in [1.807, 2.05) is 31.3 Å². The van der Waals surface area contributed by atoms with Gasteiger partial charge in [0.1, 0.15) is 24.1 Å². The highest BCUT2D eigenvalue weighted by molar-refractivity contribution is 7.90. The number of carbonyl (C=O) groups excluding carboxylic acids is 2. The quantitative estimate of drug-likeness (QED) is 0.430. The Bertz CT molecular complexity index is 1660. The molecule has 2 fully saturated rings. The first-order valence-electron chi connectivity index (χ1n) is 16.7. The topological polar surface area (TPSA) is 127 Å². The number of rotatable bonds is 2. The molecule has 1 saturated carbocycles. The number of amides is 2. The Morgan fingerprint density at radius 1 is 1.08 bits per heavy atom. The molecule has 3 atom stereocenters. The zero-order valence-electron chi connectivity index (χ0n) is 27.7. The van der Waals surface area contributed by atoms with Gasteiger partial charge in [0, 0.05) is 43.2 Å². The fourth-order valence-electron chi connectivity index (χ4n) is 6.71. The largest absolute Gasteiger partial charge is 0.487 e.